The van der Waals surface area contributed by atoms with Crippen LogP contribution in [0.15, 0.2) is 12.3 Å². The molecule has 0 aromatic rings. The maximum absolute atomic E-state index is 11.1. The van der Waals surface area contributed by atoms with Crippen LogP contribution in [0.2, 0.25) is 0 Å². The molecule has 0 aliphatic rings. The lowest BCUT2D eigenvalue weighted by atomic mass is 10.1. The first-order valence-electron chi connectivity index (χ1n) is 4.74. The molecule has 0 spiro atoms. The number of aliphatic hydroxyl groups is 2. The molecule has 0 saturated heterocycles. The smallest absolute Gasteiger partial charge is 0.313 e. The summed E-state index contributed by atoms with van der Waals surface area (Å²) in [4.78, 5) is 11.1. The second-order valence-electron chi connectivity index (χ2n) is 3.20. The predicted molar refractivity (Wildman–Crippen MR) is 52.3 cm³/mol. The van der Waals surface area contributed by atoms with Crippen LogP contribution in [0.3, 0.4) is 0 Å². The lowest BCUT2D eigenvalue weighted by Gasteiger charge is -2.06. The lowest BCUT2D eigenvalue weighted by molar-refractivity contribution is -0.142. The van der Waals surface area contributed by atoms with E-state index in [1.54, 1.807) is 6.92 Å². The summed E-state index contributed by atoms with van der Waals surface area (Å²) in [5.41, 5.74) is 0. The van der Waals surface area contributed by atoms with Crippen LogP contribution in [0.1, 0.15) is 20.3 Å². The van der Waals surface area contributed by atoms with Gasteiger partial charge in [0.05, 0.1) is 25.4 Å². The highest BCUT2D eigenvalue weighted by Crippen LogP contribution is 2.04. The minimum atomic E-state index is -0.361. The van der Waals surface area contributed by atoms with Crippen molar-refractivity contribution in [1.82, 2.24) is 0 Å². The molecule has 0 bridgehead atoms. The molecule has 0 heterocycles. The van der Waals surface area contributed by atoms with Crippen LogP contribution >= 0.6 is 0 Å². The molecule has 0 rings (SSSR count). The first-order chi connectivity index (χ1) is 6.65. The molecule has 14 heavy (non-hydrogen) atoms. The number of carbonyl (C=O) groups is 1. The largest absolute Gasteiger partial charge is 0.435 e. The third-order valence-electron chi connectivity index (χ3n) is 2.02. The molecule has 1 unspecified atom stereocenters. The van der Waals surface area contributed by atoms with Gasteiger partial charge in [0, 0.05) is 5.92 Å². The molecule has 0 radical (unpaired) electrons. The maximum atomic E-state index is 11.1. The van der Waals surface area contributed by atoms with Crippen molar-refractivity contribution in [2.24, 2.45) is 11.8 Å². The van der Waals surface area contributed by atoms with Crippen LogP contribution in [-0.2, 0) is 9.53 Å². The molecule has 2 N–H and O–H groups in total. The van der Waals surface area contributed by atoms with Gasteiger partial charge >= 0.3 is 5.97 Å². The van der Waals surface area contributed by atoms with E-state index in [9.17, 15) is 4.79 Å². The van der Waals surface area contributed by atoms with E-state index < -0.39 is 0 Å². The summed E-state index contributed by atoms with van der Waals surface area (Å²) in [6, 6.07) is 0. The third kappa shape index (κ3) is 4.99. The monoisotopic (exact) mass is 202 g/mol. The first kappa shape index (κ1) is 13.1. The maximum Gasteiger partial charge on any atom is 0.313 e. The van der Waals surface area contributed by atoms with Gasteiger partial charge in [-0.05, 0) is 12.5 Å². The predicted octanol–water partition coefficient (Wildman–Crippen LogP) is 0.690. The fourth-order valence-electron chi connectivity index (χ4n) is 0.680. The van der Waals surface area contributed by atoms with Crippen molar-refractivity contribution in [2.45, 2.75) is 20.3 Å². The molecule has 4 nitrogen and oxygen atoms in total. The summed E-state index contributed by atoms with van der Waals surface area (Å²) in [6.07, 6.45) is 3.43. The fraction of sp³-hybridized carbons (Fsp3) is 0.700. The highest BCUT2D eigenvalue weighted by molar-refractivity contribution is 5.72. The first-order valence-corrected chi connectivity index (χ1v) is 4.74. The number of hydrogen-bond donors (Lipinski definition) is 2. The number of ether oxygens (including phenoxy) is 1. The molecule has 0 aliphatic heterocycles. The highest BCUT2D eigenvalue weighted by atomic mass is 16.5. The quantitative estimate of drug-likeness (QED) is 0.491. The van der Waals surface area contributed by atoms with E-state index in [1.807, 2.05) is 6.92 Å². The number of rotatable bonds is 6. The van der Waals surface area contributed by atoms with E-state index in [0.717, 1.165) is 6.42 Å². The molecule has 0 aliphatic carbocycles. The van der Waals surface area contributed by atoms with E-state index in [2.05, 4.69) is 0 Å². The van der Waals surface area contributed by atoms with Crippen molar-refractivity contribution in [3.8, 4) is 0 Å². The van der Waals surface area contributed by atoms with Crippen molar-refractivity contribution in [1.29, 1.82) is 0 Å². The Kier molecular flexibility index (Phi) is 7.06. The highest BCUT2D eigenvalue weighted by Gasteiger charge is 2.10. The number of hydrogen-bond acceptors (Lipinski definition) is 4. The molecule has 0 fully saturated rings. The molecular weight excluding hydrogens is 184 g/mol. The van der Waals surface area contributed by atoms with E-state index in [4.69, 9.17) is 14.9 Å². The van der Waals surface area contributed by atoms with Gasteiger partial charge in [-0.3, -0.25) is 4.79 Å². The zero-order valence-electron chi connectivity index (χ0n) is 8.64. The summed E-state index contributed by atoms with van der Waals surface area (Å²) in [5.74, 6) is -0.778. The minimum Gasteiger partial charge on any atom is -0.435 e. The standard InChI is InChI=1S/C10H18O4/c1-3-8(2)10(13)14-5-4-9(6-11)7-12/h4-5,8-9,11-12H,3,6-7H2,1-2H3/b5-4+. The van der Waals surface area contributed by atoms with Crippen LogP contribution < -0.4 is 0 Å². The van der Waals surface area contributed by atoms with Gasteiger partial charge in [-0.25, -0.2) is 0 Å². The van der Waals surface area contributed by atoms with Gasteiger partial charge in [-0.2, -0.15) is 0 Å². The molecular formula is C10H18O4. The molecule has 0 amide bonds. The van der Waals surface area contributed by atoms with Gasteiger partial charge in [0.1, 0.15) is 0 Å². The van der Waals surface area contributed by atoms with Gasteiger partial charge in [0.2, 0.25) is 0 Å². The zero-order valence-corrected chi connectivity index (χ0v) is 8.64. The molecule has 0 saturated carbocycles. The Labute approximate surface area is 84.2 Å². The third-order valence-corrected chi connectivity index (χ3v) is 2.02. The summed E-state index contributed by atoms with van der Waals surface area (Å²) in [6.45, 7) is 3.37. The van der Waals surface area contributed by atoms with Crippen LogP contribution in [0, 0.1) is 11.8 Å². The van der Waals surface area contributed by atoms with Crippen LogP contribution in [-0.4, -0.2) is 29.4 Å². The normalized spacial score (nSPS) is 13.5. The number of esters is 1. The summed E-state index contributed by atoms with van der Waals surface area (Å²) in [5, 5.41) is 17.4. The van der Waals surface area contributed by atoms with Crippen LogP contribution in [0.5, 0.6) is 0 Å². The van der Waals surface area contributed by atoms with Gasteiger partial charge in [0.25, 0.3) is 0 Å². The Morgan fingerprint density at radius 1 is 1.43 bits per heavy atom. The molecule has 4 heteroatoms. The van der Waals surface area contributed by atoms with Crippen molar-refractivity contribution < 1.29 is 19.7 Å². The van der Waals surface area contributed by atoms with Crippen molar-refractivity contribution in [2.75, 3.05) is 13.2 Å². The Morgan fingerprint density at radius 2 is 2.00 bits per heavy atom. The van der Waals surface area contributed by atoms with Crippen molar-refractivity contribution in [3.63, 3.8) is 0 Å². The summed E-state index contributed by atoms with van der Waals surface area (Å²) < 4.78 is 4.79. The summed E-state index contributed by atoms with van der Waals surface area (Å²) in [7, 11) is 0. The number of carbonyl (C=O) groups excluding carboxylic acids is 1. The number of aliphatic hydroxyl groups excluding tert-OH is 2. The van der Waals surface area contributed by atoms with Gasteiger partial charge in [-0.15, -0.1) is 0 Å². The van der Waals surface area contributed by atoms with Gasteiger partial charge < -0.3 is 14.9 Å². The molecule has 1 atom stereocenters. The van der Waals surface area contributed by atoms with Gasteiger partial charge in [0.15, 0.2) is 0 Å². The Bertz CT molecular complexity index is 185. The SMILES string of the molecule is CCC(C)C(=O)O/C=C/C(CO)CO. The topological polar surface area (TPSA) is 66.8 Å². The lowest BCUT2D eigenvalue weighted by Crippen LogP contribution is -2.12. The van der Waals surface area contributed by atoms with E-state index in [1.165, 1.54) is 12.3 Å². The molecule has 0 aromatic heterocycles. The summed E-state index contributed by atoms with van der Waals surface area (Å²) >= 11 is 0. The van der Waals surface area contributed by atoms with Crippen molar-refractivity contribution in [3.05, 3.63) is 12.3 Å². The minimum absolute atomic E-state index is 0.124. The van der Waals surface area contributed by atoms with Crippen LogP contribution in [0.25, 0.3) is 0 Å². The van der Waals surface area contributed by atoms with Crippen LogP contribution in [0.4, 0.5) is 0 Å². The average Bonchev–Trinajstić information content (AvgIpc) is 2.22. The van der Waals surface area contributed by atoms with E-state index >= 15 is 0 Å². The Morgan fingerprint density at radius 3 is 2.43 bits per heavy atom. The van der Waals surface area contributed by atoms with Crippen molar-refractivity contribution >= 4 is 5.97 Å². The Hall–Kier alpha value is -0.870. The second-order valence-corrected chi connectivity index (χ2v) is 3.20. The van der Waals surface area contributed by atoms with Gasteiger partial charge in [-0.1, -0.05) is 13.8 Å². The molecule has 0 aromatic carbocycles. The fourth-order valence-corrected chi connectivity index (χ4v) is 0.680. The Balaban J connectivity index is 3.86. The van der Waals surface area contributed by atoms with E-state index in [-0.39, 0.29) is 31.0 Å². The van der Waals surface area contributed by atoms with E-state index in [0.29, 0.717) is 0 Å². The second kappa shape index (κ2) is 7.53. The molecule has 82 valence electrons. The zero-order chi connectivity index (χ0) is 11.0. The average molecular weight is 202 g/mol.